The van der Waals surface area contributed by atoms with E-state index in [9.17, 15) is 14.4 Å². The van der Waals surface area contributed by atoms with Gasteiger partial charge in [-0.2, -0.15) is 0 Å². The molecule has 0 unspecified atom stereocenters. The molecular weight excluding hydrogens is 497 g/mol. The summed E-state index contributed by atoms with van der Waals surface area (Å²) >= 11 is 12.8. The van der Waals surface area contributed by atoms with Crippen molar-refractivity contribution >= 4 is 57.4 Å². The molecule has 3 amide bonds. The van der Waals surface area contributed by atoms with Crippen LogP contribution in [-0.2, 0) is 16.1 Å². The number of nitrogens with zero attached hydrogens (tertiary/aromatic N) is 2. The lowest BCUT2D eigenvalue weighted by atomic mass is 10.1. The first-order valence-electron chi connectivity index (χ1n) is 12.2. The van der Waals surface area contributed by atoms with Crippen LogP contribution in [0.15, 0.2) is 54.6 Å². The van der Waals surface area contributed by atoms with Crippen LogP contribution in [0.3, 0.4) is 0 Å². The van der Waals surface area contributed by atoms with E-state index in [2.05, 4.69) is 5.32 Å². The third-order valence-electron chi connectivity index (χ3n) is 6.55. The molecule has 0 aliphatic carbocycles. The van der Waals surface area contributed by atoms with E-state index in [0.29, 0.717) is 47.1 Å². The summed E-state index contributed by atoms with van der Waals surface area (Å²) < 4.78 is 0. The summed E-state index contributed by atoms with van der Waals surface area (Å²) in [5, 5.41) is 5.68. The Bertz CT molecular complexity index is 1280. The maximum Gasteiger partial charge on any atom is 0.258 e. The summed E-state index contributed by atoms with van der Waals surface area (Å²) in [6, 6.07) is 16.1. The maximum atomic E-state index is 13.5. The number of carbonyl (C=O) groups excluding carboxylic acids is 3. The molecule has 36 heavy (non-hydrogen) atoms. The summed E-state index contributed by atoms with van der Waals surface area (Å²) in [4.78, 5) is 42.7. The van der Waals surface area contributed by atoms with Crippen LogP contribution in [0, 0.1) is 0 Å². The number of benzene rings is 3. The molecule has 1 atom stereocenters. The van der Waals surface area contributed by atoms with E-state index in [1.807, 2.05) is 50.2 Å². The second-order valence-corrected chi connectivity index (χ2v) is 9.60. The van der Waals surface area contributed by atoms with Crippen molar-refractivity contribution in [1.29, 1.82) is 0 Å². The number of nitrogens with one attached hydrogen (secondary N) is 1. The zero-order valence-corrected chi connectivity index (χ0v) is 21.9. The van der Waals surface area contributed by atoms with E-state index < -0.39 is 6.04 Å². The molecule has 1 N–H and O–H groups in total. The highest BCUT2D eigenvalue weighted by Gasteiger charge is 2.31. The fraction of sp³-hybridized carbons (Fsp3) is 0.321. The number of halogens is 2. The van der Waals surface area contributed by atoms with Crippen LogP contribution in [0.25, 0.3) is 10.8 Å². The highest BCUT2D eigenvalue weighted by Crippen LogP contribution is 2.37. The molecule has 0 spiro atoms. The van der Waals surface area contributed by atoms with Gasteiger partial charge in [-0.05, 0) is 49.4 Å². The van der Waals surface area contributed by atoms with Gasteiger partial charge in [-0.1, -0.05) is 60.5 Å². The highest BCUT2D eigenvalue weighted by atomic mass is 35.5. The molecule has 1 aliphatic heterocycles. The Morgan fingerprint density at radius 2 is 1.67 bits per heavy atom. The number of hydrogen-bond donors (Lipinski definition) is 1. The molecule has 0 saturated heterocycles. The van der Waals surface area contributed by atoms with E-state index in [0.717, 1.165) is 16.5 Å². The molecule has 0 fully saturated rings. The number of carbonyl (C=O) groups is 3. The summed E-state index contributed by atoms with van der Waals surface area (Å²) in [5.41, 5.74) is 2.16. The highest BCUT2D eigenvalue weighted by molar-refractivity contribution is 6.36. The van der Waals surface area contributed by atoms with Crippen molar-refractivity contribution in [3.63, 3.8) is 0 Å². The Morgan fingerprint density at radius 3 is 2.33 bits per heavy atom. The molecule has 6 nitrogen and oxygen atoms in total. The zero-order valence-electron chi connectivity index (χ0n) is 20.4. The van der Waals surface area contributed by atoms with Crippen molar-refractivity contribution in [2.45, 2.75) is 45.7 Å². The quantitative estimate of drug-likeness (QED) is 0.362. The largest absolute Gasteiger partial charge is 0.355 e. The number of rotatable bonds is 10. The molecule has 4 rings (SSSR count). The number of likely N-dealkylation sites (N-methyl/N-ethyl adjacent to an activating group) is 1. The van der Waals surface area contributed by atoms with Crippen molar-refractivity contribution in [3.05, 3.63) is 75.8 Å². The molecular formula is C28H29Cl2N3O3. The van der Waals surface area contributed by atoms with Gasteiger partial charge in [0.1, 0.15) is 6.04 Å². The van der Waals surface area contributed by atoms with E-state index in [-0.39, 0.29) is 30.7 Å². The van der Waals surface area contributed by atoms with E-state index in [1.54, 1.807) is 28.0 Å². The van der Waals surface area contributed by atoms with Gasteiger partial charge in [0.25, 0.3) is 5.91 Å². The second-order valence-electron chi connectivity index (χ2n) is 8.78. The van der Waals surface area contributed by atoms with Crippen molar-refractivity contribution in [2.75, 3.05) is 18.0 Å². The van der Waals surface area contributed by atoms with Crippen LogP contribution in [-0.4, -0.2) is 41.8 Å². The molecule has 188 valence electrons. The monoisotopic (exact) mass is 525 g/mol. The number of amides is 3. The standard InChI is InChI=1S/C28H29Cl2N3O3/c1-3-23(27(35)31-4-2)33(17-20-21(29)12-7-13-22(20)30)25(34)15-8-16-32-24-14-6-10-18-9-5-11-19(26(18)24)28(32)36/h5-7,9-14,23H,3-4,8,15-17H2,1-2H3,(H,31,35)/t23-/m1/s1. The van der Waals surface area contributed by atoms with Gasteiger partial charge in [0.2, 0.25) is 11.8 Å². The minimum absolute atomic E-state index is 0.0530. The summed E-state index contributed by atoms with van der Waals surface area (Å²) in [5.74, 6) is -0.456. The minimum atomic E-state index is -0.656. The average molecular weight is 526 g/mol. The fourth-order valence-electron chi connectivity index (χ4n) is 4.80. The van der Waals surface area contributed by atoms with Gasteiger partial charge in [0.05, 0.1) is 5.69 Å². The van der Waals surface area contributed by atoms with Gasteiger partial charge in [-0.25, -0.2) is 0 Å². The molecule has 0 saturated carbocycles. The van der Waals surface area contributed by atoms with E-state index >= 15 is 0 Å². The Kier molecular flexibility index (Phi) is 8.17. The topological polar surface area (TPSA) is 69.7 Å². The van der Waals surface area contributed by atoms with Gasteiger partial charge in [-0.15, -0.1) is 0 Å². The van der Waals surface area contributed by atoms with Crippen molar-refractivity contribution < 1.29 is 14.4 Å². The second kappa shape index (κ2) is 11.3. The smallest absolute Gasteiger partial charge is 0.258 e. The Labute approximate surface area is 221 Å². The van der Waals surface area contributed by atoms with Gasteiger partial charge in [-0.3, -0.25) is 14.4 Å². The molecule has 0 radical (unpaired) electrons. The summed E-state index contributed by atoms with van der Waals surface area (Å²) in [6.07, 6.45) is 1.07. The lowest BCUT2D eigenvalue weighted by Crippen LogP contribution is -2.49. The number of hydrogen-bond acceptors (Lipinski definition) is 3. The fourth-order valence-corrected chi connectivity index (χ4v) is 5.32. The van der Waals surface area contributed by atoms with Crippen LogP contribution < -0.4 is 10.2 Å². The predicted octanol–water partition coefficient (Wildman–Crippen LogP) is 5.83. The molecule has 8 heteroatoms. The zero-order chi connectivity index (χ0) is 25.8. The lowest BCUT2D eigenvalue weighted by molar-refractivity contribution is -0.141. The van der Waals surface area contributed by atoms with E-state index in [1.165, 1.54) is 0 Å². The van der Waals surface area contributed by atoms with Gasteiger partial charge in [0, 0.05) is 52.6 Å². The SMILES string of the molecule is CCNC(=O)[C@@H](CC)N(Cc1c(Cl)cccc1Cl)C(=O)CCCN1C(=O)c2cccc3cccc1c23. The van der Waals surface area contributed by atoms with Crippen molar-refractivity contribution in [1.82, 2.24) is 10.2 Å². The predicted molar refractivity (Wildman–Crippen MR) is 145 cm³/mol. The normalized spacial score (nSPS) is 13.2. The van der Waals surface area contributed by atoms with Gasteiger partial charge in [0.15, 0.2) is 0 Å². The maximum absolute atomic E-state index is 13.5. The summed E-state index contributed by atoms with van der Waals surface area (Å²) in [7, 11) is 0. The Balaban J connectivity index is 1.51. The molecule has 3 aromatic carbocycles. The molecule has 1 heterocycles. The third kappa shape index (κ3) is 5.06. The molecule has 3 aromatic rings. The summed E-state index contributed by atoms with van der Waals surface area (Å²) in [6.45, 7) is 4.70. The Hall–Kier alpha value is -3.09. The molecule has 0 bridgehead atoms. The van der Waals surface area contributed by atoms with Crippen LogP contribution in [0.2, 0.25) is 10.0 Å². The molecule has 1 aliphatic rings. The first-order valence-corrected chi connectivity index (χ1v) is 13.0. The van der Waals surface area contributed by atoms with Crippen molar-refractivity contribution in [2.24, 2.45) is 0 Å². The number of anilines is 1. The third-order valence-corrected chi connectivity index (χ3v) is 7.26. The first-order chi connectivity index (χ1) is 17.4. The first kappa shape index (κ1) is 26.0. The lowest BCUT2D eigenvalue weighted by Gasteiger charge is -2.31. The van der Waals surface area contributed by atoms with Crippen LogP contribution >= 0.6 is 23.2 Å². The average Bonchev–Trinajstić information content (AvgIpc) is 3.14. The van der Waals surface area contributed by atoms with Crippen LogP contribution in [0.5, 0.6) is 0 Å². The molecule has 0 aromatic heterocycles. The van der Waals surface area contributed by atoms with Gasteiger partial charge < -0.3 is 15.1 Å². The minimum Gasteiger partial charge on any atom is -0.355 e. The van der Waals surface area contributed by atoms with Crippen molar-refractivity contribution in [3.8, 4) is 0 Å². The van der Waals surface area contributed by atoms with E-state index in [4.69, 9.17) is 23.2 Å². The van der Waals surface area contributed by atoms with Crippen LogP contribution in [0.1, 0.15) is 49.0 Å². The van der Waals surface area contributed by atoms with Crippen LogP contribution in [0.4, 0.5) is 5.69 Å². The van der Waals surface area contributed by atoms with Gasteiger partial charge >= 0.3 is 0 Å². The Morgan fingerprint density at radius 1 is 1.00 bits per heavy atom.